The van der Waals surface area contributed by atoms with Crippen molar-refractivity contribution in [3.05, 3.63) is 70.5 Å². The molecule has 0 spiro atoms. The summed E-state index contributed by atoms with van der Waals surface area (Å²) in [5, 5.41) is 4.31. The third-order valence-corrected chi connectivity index (χ3v) is 4.46. The van der Waals surface area contributed by atoms with Crippen LogP contribution >= 0.6 is 11.6 Å². The Labute approximate surface area is 167 Å². The van der Waals surface area contributed by atoms with Gasteiger partial charge in [0.05, 0.1) is 23.1 Å². The first kappa shape index (κ1) is 20.7. The van der Waals surface area contributed by atoms with E-state index in [1.807, 2.05) is 0 Å². The molecule has 29 heavy (non-hydrogen) atoms. The summed E-state index contributed by atoms with van der Waals surface area (Å²) >= 11 is 5.87. The van der Waals surface area contributed by atoms with E-state index in [1.165, 1.54) is 18.2 Å². The molecule has 1 aromatic heterocycles. The predicted molar refractivity (Wildman–Crippen MR) is 101 cm³/mol. The number of halogens is 5. The van der Waals surface area contributed by atoms with E-state index in [2.05, 4.69) is 15.1 Å². The number of nitrogens with zero attached hydrogens (tertiary/aromatic N) is 4. The molecule has 0 aliphatic rings. The van der Waals surface area contributed by atoms with Gasteiger partial charge in [0.2, 0.25) is 0 Å². The van der Waals surface area contributed by atoms with Crippen LogP contribution in [0.3, 0.4) is 0 Å². The third-order valence-electron chi connectivity index (χ3n) is 4.23. The first-order chi connectivity index (χ1) is 13.7. The van der Waals surface area contributed by atoms with Crippen LogP contribution in [0, 0.1) is 11.6 Å². The van der Waals surface area contributed by atoms with Crippen molar-refractivity contribution >= 4 is 29.0 Å². The molecule has 0 bridgehead atoms. The standard InChI is InChI=1S/C18H15ClF4N6/c19-10-1-4-15-16(5-10)26-7-17(28-15)18(22,23)13(8-29(25)9-27-24)12-3-2-11(20)6-14(12)21/h1-7,9,13H,8,24-25H2/b27-9-. The minimum Gasteiger partial charge on any atom is -0.322 e. The molecule has 0 aliphatic heterocycles. The van der Waals surface area contributed by atoms with E-state index in [1.54, 1.807) is 0 Å². The van der Waals surface area contributed by atoms with Gasteiger partial charge >= 0.3 is 0 Å². The predicted octanol–water partition coefficient (Wildman–Crippen LogP) is 3.51. The summed E-state index contributed by atoms with van der Waals surface area (Å²) < 4.78 is 58.5. The van der Waals surface area contributed by atoms with Crippen molar-refractivity contribution in [1.29, 1.82) is 0 Å². The summed E-state index contributed by atoms with van der Waals surface area (Å²) in [7, 11) is 0. The summed E-state index contributed by atoms with van der Waals surface area (Å²) in [4.78, 5) is 7.91. The highest BCUT2D eigenvalue weighted by molar-refractivity contribution is 6.31. The average molecular weight is 427 g/mol. The Bertz CT molecular complexity index is 1060. The first-order valence-corrected chi connectivity index (χ1v) is 8.60. The summed E-state index contributed by atoms with van der Waals surface area (Å²) in [6.07, 6.45) is 1.78. The zero-order chi connectivity index (χ0) is 21.2. The highest BCUT2D eigenvalue weighted by Gasteiger charge is 2.46. The molecule has 152 valence electrons. The number of hydrogen-bond acceptors (Lipinski definition) is 5. The Balaban J connectivity index is 2.10. The van der Waals surface area contributed by atoms with Gasteiger partial charge in [-0.05, 0) is 29.8 Å². The lowest BCUT2D eigenvalue weighted by Gasteiger charge is -2.29. The first-order valence-electron chi connectivity index (χ1n) is 8.22. The van der Waals surface area contributed by atoms with Crippen molar-refractivity contribution in [1.82, 2.24) is 15.0 Å². The van der Waals surface area contributed by atoms with Gasteiger partial charge in [0.15, 0.2) is 0 Å². The maximum absolute atomic E-state index is 15.4. The van der Waals surface area contributed by atoms with Gasteiger partial charge in [-0.25, -0.2) is 19.6 Å². The lowest BCUT2D eigenvalue weighted by atomic mass is 9.89. The minimum atomic E-state index is -3.72. The molecule has 3 aromatic rings. The molecule has 6 nitrogen and oxygen atoms in total. The highest BCUT2D eigenvalue weighted by atomic mass is 35.5. The Morgan fingerprint density at radius 3 is 2.62 bits per heavy atom. The van der Waals surface area contributed by atoms with Crippen LogP contribution < -0.4 is 11.7 Å². The van der Waals surface area contributed by atoms with Crippen molar-refractivity contribution in [2.45, 2.75) is 11.8 Å². The second kappa shape index (κ2) is 8.18. The van der Waals surface area contributed by atoms with Crippen molar-refractivity contribution in [2.24, 2.45) is 16.8 Å². The number of hydrogen-bond donors (Lipinski definition) is 2. The second-order valence-electron chi connectivity index (χ2n) is 6.19. The van der Waals surface area contributed by atoms with Crippen LogP contribution in [-0.4, -0.2) is 27.9 Å². The van der Waals surface area contributed by atoms with Crippen molar-refractivity contribution in [3.8, 4) is 0 Å². The molecule has 1 atom stereocenters. The van der Waals surface area contributed by atoms with Gasteiger partial charge in [-0.3, -0.25) is 9.99 Å². The van der Waals surface area contributed by atoms with Crippen molar-refractivity contribution in [2.75, 3.05) is 6.54 Å². The third kappa shape index (κ3) is 4.38. The minimum absolute atomic E-state index is 0.179. The molecule has 0 radical (unpaired) electrons. The molecule has 4 N–H and O–H groups in total. The maximum Gasteiger partial charge on any atom is 0.299 e. The highest BCUT2D eigenvalue weighted by Crippen LogP contribution is 2.42. The van der Waals surface area contributed by atoms with Gasteiger partial charge in [0, 0.05) is 17.6 Å². The Morgan fingerprint density at radius 2 is 1.93 bits per heavy atom. The number of benzene rings is 2. The van der Waals surface area contributed by atoms with E-state index in [9.17, 15) is 8.78 Å². The molecular weight excluding hydrogens is 412 g/mol. The lowest BCUT2D eigenvalue weighted by Crippen LogP contribution is -2.40. The number of aromatic nitrogens is 2. The molecule has 0 fully saturated rings. The Hall–Kier alpha value is -2.98. The summed E-state index contributed by atoms with van der Waals surface area (Å²) in [6, 6.07) is 6.73. The monoisotopic (exact) mass is 426 g/mol. The van der Waals surface area contributed by atoms with Gasteiger partial charge < -0.3 is 5.84 Å². The van der Waals surface area contributed by atoms with E-state index in [0.29, 0.717) is 16.6 Å². The van der Waals surface area contributed by atoms with E-state index in [-0.39, 0.29) is 5.52 Å². The smallest absolute Gasteiger partial charge is 0.299 e. The SMILES string of the molecule is N/N=C\N(N)CC(c1ccc(F)cc1F)C(F)(F)c1cnc2cc(Cl)ccc2n1. The zero-order valence-corrected chi connectivity index (χ0v) is 15.5. The summed E-state index contributed by atoms with van der Waals surface area (Å²) in [5.41, 5.74) is -0.662. The van der Waals surface area contributed by atoms with Crippen LogP contribution in [0.5, 0.6) is 0 Å². The van der Waals surface area contributed by atoms with E-state index in [0.717, 1.165) is 29.7 Å². The number of nitrogens with two attached hydrogens (primary N) is 2. The molecule has 1 heterocycles. The van der Waals surface area contributed by atoms with Crippen molar-refractivity contribution < 1.29 is 17.6 Å². The molecule has 0 amide bonds. The molecule has 0 saturated heterocycles. The maximum atomic E-state index is 15.4. The lowest BCUT2D eigenvalue weighted by molar-refractivity contribution is -0.0443. The molecule has 3 rings (SSSR count). The van der Waals surface area contributed by atoms with E-state index < -0.39 is 41.3 Å². The summed E-state index contributed by atoms with van der Waals surface area (Å²) in [6.45, 7) is -0.587. The fourth-order valence-electron chi connectivity index (χ4n) is 2.86. The fraction of sp³-hybridized carbons (Fsp3) is 0.167. The fourth-order valence-corrected chi connectivity index (χ4v) is 3.03. The largest absolute Gasteiger partial charge is 0.322 e. The van der Waals surface area contributed by atoms with Gasteiger partial charge in [-0.1, -0.05) is 17.7 Å². The van der Waals surface area contributed by atoms with Crippen molar-refractivity contribution in [3.63, 3.8) is 0 Å². The van der Waals surface area contributed by atoms with E-state index in [4.69, 9.17) is 23.3 Å². The summed E-state index contributed by atoms with van der Waals surface area (Å²) in [5.74, 6) is 2.99. The quantitative estimate of drug-likeness (QED) is 0.207. The number of alkyl halides is 2. The number of fused-ring (bicyclic) bond motifs is 1. The number of rotatable bonds is 6. The normalized spacial score (nSPS) is 13.2. The van der Waals surface area contributed by atoms with Crippen LogP contribution in [0.1, 0.15) is 17.2 Å². The van der Waals surface area contributed by atoms with Gasteiger partial charge in [-0.15, -0.1) is 0 Å². The van der Waals surface area contributed by atoms with Crippen LogP contribution in [0.25, 0.3) is 11.0 Å². The zero-order valence-electron chi connectivity index (χ0n) is 14.7. The molecule has 1 unspecified atom stereocenters. The molecule has 0 saturated carbocycles. The van der Waals surface area contributed by atoms with Gasteiger partial charge in [-0.2, -0.15) is 13.9 Å². The average Bonchev–Trinajstić information content (AvgIpc) is 2.66. The molecule has 2 aromatic carbocycles. The molecule has 11 heteroatoms. The second-order valence-corrected chi connectivity index (χ2v) is 6.63. The topological polar surface area (TPSA) is 93.4 Å². The number of hydrazone groups is 1. The van der Waals surface area contributed by atoms with Gasteiger partial charge in [0.25, 0.3) is 5.92 Å². The Kier molecular flexibility index (Phi) is 5.85. The van der Waals surface area contributed by atoms with Crippen LogP contribution in [-0.2, 0) is 5.92 Å². The van der Waals surface area contributed by atoms with Crippen LogP contribution in [0.15, 0.2) is 47.7 Å². The van der Waals surface area contributed by atoms with Gasteiger partial charge in [0.1, 0.15) is 23.7 Å². The van der Waals surface area contributed by atoms with E-state index >= 15 is 8.78 Å². The molecule has 0 aliphatic carbocycles. The molecular formula is C18H15ClF4N6. The number of hydrazine groups is 1. The Morgan fingerprint density at radius 1 is 1.17 bits per heavy atom. The van der Waals surface area contributed by atoms with Crippen LogP contribution in [0.4, 0.5) is 17.6 Å². The van der Waals surface area contributed by atoms with Crippen LogP contribution in [0.2, 0.25) is 5.02 Å².